The number of carboxylic acids is 1. The fourth-order valence-corrected chi connectivity index (χ4v) is 6.14. The number of carbonyl (C=O) groups is 1. The van der Waals surface area contributed by atoms with Gasteiger partial charge in [-0.2, -0.15) is 0 Å². The summed E-state index contributed by atoms with van der Waals surface area (Å²) in [4.78, 5) is 25.0. The number of fused-ring (bicyclic) bond motifs is 1. The Morgan fingerprint density at radius 3 is 2.76 bits per heavy atom. The molecule has 1 aliphatic rings. The molecule has 9 heteroatoms. The molecular weight excluding hydrogens is 456 g/mol. The van der Waals surface area contributed by atoms with Crippen molar-refractivity contribution in [3.05, 3.63) is 47.8 Å². The van der Waals surface area contributed by atoms with Crippen molar-refractivity contribution in [3.8, 4) is 0 Å². The van der Waals surface area contributed by atoms with Crippen molar-refractivity contribution in [2.75, 3.05) is 38.6 Å². The van der Waals surface area contributed by atoms with E-state index >= 15 is 0 Å². The smallest absolute Gasteiger partial charge is 0.326 e. The van der Waals surface area contributed by atoms with E-state index in [1.165, 1.54) is 10.5 Å². The van der Waals surface area contributed by atoms with E-state index in [2.05, 4.69) is 22.9 Å². The van der Waals surface area contributed by atoms with Gasteiger partial charge in [-0.15, -0.1) is 11.8 Å². The molecule has 0 saturated carbocycles. The minimum atomic E-state index is -0.838. The van der Waals surface area contributed by atoms with Gasteiger partial charge in [-0.3, -0.25) is 9.88 Å². The number of aromatic nitrogens is 3. The van der Waals surface area contributed by atoms with Crippen molar-refractivity contribution in [2.45, 2.75) is 42.1 Å². The molecule has 4 rings (SSSR count). The van der Waals surface area contributed by atoms with Crippen LogP contribution in [0.4, 0.5) is 0 Å². The molecule has 0 amide bonds. The fraction of sp³-hybridized carbons (Fsp3) is 0.458. The van der Waals surface area contributed by atoms with Gasteiger partial charge in [0.1, 0.15) is 6.04 Å². The highest BCUT2D eigenvalue weighted by Gasteiger charge is 2.24. The number of rotatable bonds is 10. The molecule has 1 atom stereocenters. The van der Waals surface area contributed by atoms with Gasteiger partial charge in [0.25, 0.3) is 0 Å². The molecule has 0 aliphatic carbocycles. The Hall–Kier alpha value is -2.07. The first kappa shape index (κ1) is 24.1. The van der Waals surface area contributed by atoms with Crippen LogP contribution in [0.5, 0.6) is 0 Å². The molecule has 7 nitrogen and oxygen atoms in total. The van der Waals surface area contributed by atoms with Crippen LogP contribution in [0.3, 0.4) is 0 Å². The molecule has 1 saturated heterocycles. The second-order valence-corrected chi connectivity index (χ2v) is 10.1. The molecule has 2 aromatic heterocycles. The van der Waals surface area contributed by atoms with Crippen LogP contribution < -0.4 is 0 Å². The number of nitrogens with zero attached hydrogens (tertiary/aromatic N) is 4. The van der Waals surface area contributed by atoms with Gasteiger partial charge >= 0.3 is 5.97 Å². The number of thioether (sulfide) groups is 2. The second kappa shape index (κ2) is 11.4. The third kappa shape index (κ3) is 5.71. The van der Waals surface area contributed by atoms with Crippen LogP contribution in [0.2, 0.25) is 0 Å². The zero-order valence-electron chi connectivity index (χ0n) is 19.1. The van der Waals surface area contributed by atoms with E-state index in [0.717, 1.165) is 60.5 Å². The highest BCUT2D eigenvalue weighted by Crippen LogP contribution is 2.33. The molecule has 1 unspecified atom stereocenters. The van der Waals surface area contributed by atoms with E-state index in [9.17, 15) is 9.90 Å². The van der Waals surface area contributed by atoms with Gasteiger partial charge in [0.15, 0.2) is 5.16 Å². The number of pyridine rings is 1. The maximum Gasteiger partial charge on any atom is 0.326 e. The molecule has 1 aromatic carbocycles. The van der Waals surface area contributed by atoms with Crippen molar-refractivity contribution in [3.63, 3.8) is 0 Å². The minimum absolute atomic E-state index is 0.496. The van der Waals surface area contributed by atoms with E-state index in [1.54, 1.807) is 11.8 Å². The van der Waals surface area contributed by atoms with Crippen LogP contribution in [0.15, 0.2) is 46.6 Å². The van der Waals surface area contributed by atoms with E-state index in [-0.39, 0.29) is 0 Å². The summed E-state index contributed by atoms with van der Waals surface area (Å²) >= 11 is 3.42. The standard InChI is InChI=1S/C24H30N4O3S2/c1-3-20(23(29)30)28-21-7-5-4-6-18(21)26-24(28)33-16-19-17(2)22(8-9-25-19)32-15-12-27-10-13-31-14-11-27/h4-9,20H,3,10-16H2,1-2H3,(H,29,30). The molecule has 3 heterocycles. The predicted octanol–water partition coefficient (Wildman–Crippen LogP) is 4.49. The van der Waals surface area contributed by atoms with Crippen LogP contribution in [0.25, 0.3) is 11.0 Å². The summed E-state index contributed by atoms with van der Waals surface area (Å²) < 4.78 is 7.29. The first-order valence-corrected chi connectivity index (χ1v) is 13.3. The zero-order valence-corrected chi connectivity index (χ0v) is 20.7. The van der Waals surface area contributed by atoms with Crippen molar-refractivity contribution < 1.29 is 14.6 Å². The summed E-state index contributed by atoms with van der Waals surface area (Å²) in [5.41, 5.74) is 3.87. The van der Waals surface area contributed by atoms with Crippen molar-refractivity contribution >= 4 is 40.5 Å². The van der Waals surface area contributed by atoms with Crippen molar-refractivity contribution in [1.29, 1.82) is 0 Å². The summed E-state index contributed by atoms with van der Waals surface area (Å²) in [6.45, 7) is 8.73. The largest absolute Gasteiger partial charge is 0.480 e. The SMILES string of the molecule is CCC(C(=O)O)n1c(SCc2nccc(SCCN3CCOCC3)c2C)nc2ccccc21. The average Bonchev–Trinajstić information content (AvgIpc) is 3.18. The van der Waals surface area contributed by atoms with Crippen LogP contribution in [-0.2, 0) is 15.3 Å². The average molecular weight is 487 g/mol. The van der Waals surface area contributed by atoms with Gasteiger partial charge < -0.3 is 14.4 Å². The maximum absolute atomic E-state index is 11.9. The lowest BCUT2D eigenvalue weighted by atomic mass is 10.2. The molecule has 3 aromatic rings. The number of hydrogen-bond donors (Lipinski definition) is 1. The Balaban J connectivity index is 1.48. The molecule has 1 aliphatic heterocycles. The van der Waals surface area contributed by atoms with Gasteiger partial charge in [0.2, 0.25) is 0 Å². The first-order chi connectivity index (χ1) is 16.1. The number of imidazole rings is 1. The van der Waals surface area contributed by atoms with Crippen LogP contribution >= 0.6 is 23.5 Å². The highest BCUT2D eigenvalue weighted by atomic mass is 32.2. The Bertz CT molecular complexity index is 1100. The van der Waals surface area contributed by atoms with E-state index in [0.29, 0.717) is 12.2 Å². The summed E-state index contributed by atoms with van der Waals surface area (Å²) in [5, 5.41) is 10.5. The molecule has 1 fully saturated rings. The Labute approximate surface area is 202 Å². The molecule has 0 bridgehead atoms. The van der Waals surface area contributed by atoms with Gasteiger partial charge in [-0.1, -0.05) is 30.8 Å². The van der Waals surface area contributed by atoms with Gasteiger partial charge in [-0.25, -0.2) is 9.78 Å². The predicted molar refractivity (Wildman–Crippen MR) is 133 cm³/mol. The number of hydrogen-bond acceptors (Lipinski definition) is 7. The maximum atomic E-state index is 11.9. The number of benzene rings is 1. The minimum Gasteiger partial charge on any atom is -0.480 e. The van der Waals surface area contributed by atoms with E-state index < -0.39 is 12.0 Å². The number of ether oxygens (including phenoxy) is 1. The third-order valence-corrected chi connectivity index (χ3v) is 8.02. The highest BCUT2D eigenvalue weighted by molar-refractivity contribution is 7.99. The summed E-state index contributed by atoms with van der Waals surface area (Å²) in [5.74, 6) is 0.836. The Kier molecular flexibility index (Phi) is 8.29. The molecular formula is C24H30N4O3S2. The topological polar surface area (TPSA) is 80.5 Å². The Morgan fingerprint density at radius 1 is 1.21 bits per heavy atom. The monoisotopic (exact) mass is 486 g/mol. The van der Waals surface area contributed by atoms with Gasteiger partial charge in [0.05, 0.1) is 29.9 Å². The van der Waals surface area contributed by atoms with Gasteiger partial charge in [-0.05, 0) is 37.1 Å². The van der Waals surface area contributed by atoms with E-state index in [1.807, 2.05) is 53.7 Å². The lowest BCUT2D eigenvalue weighted by Crippen LogP contribution is -2.37. The van der Waals surface area contributed by atoms with Gasteiger partial charge in [0, 0.05) is 42.2 Å². The molecule has 176 valence electrons. The van der Waals surface area contributed by atoms with Crippen LogP contribution in [0, 0.1) is 6.92 Å². The lowest BCUT2D eigenvalue weighted by molar-refractivity contribution is -0.141. The van der Waals surface area contributed by atoms with E-state index in [4.69, 9.17) is 9.72 Å². The molecule has 0 radical (unpaired) electrons. The summed E-state index contributed by atoms with van der Waals surface area (Å²) in [6, 6.07) is 9.16. The Morgan fingerprint density at radius 2 is 2.00 bits per heavy atom. The number of aliphatic carboxylic acids is 1. The number of morpholine rings is 1. The van der Waals surface area contributed by atoms with Crippen molar-refractivity contribution in [1.82, 2.24) is 19.4 Å². The molecule has 33 heavy (non-hydrogen) atoms. The third-order valence-electron chi connectivity index (χ3n) is 5.91. The second-order valence-electron chi connectivity index (χ2n) is 7.99. The number of carboxylic acid groups (broad SMARTS) is 1. The normalized spacial score (nSPS) is 15.7. The lowest BCUT2D eigenvalue weighted by Gasteiger charge is -2.26. The summed E-state index contributed by atoms with van der Waals surface area (Å²) in [7, 11) is 0. The quantitative estimate of drug-likeness (QED) is 0.420. The molecule has 1 N–H and O–H groups in total. The summed E-state index contributed by atoms with van der Waals surface area (Å²) in [6.07, 6.45) is 2.37. The zero-order chi connectivity index (χ0) is 23.2. The van der Waals surface area contributed by atoms with Crippen LogP contribution in [-0.4, -0.2) is 69.1 Å². The van der Waals surface area contributed by atoms with Crippen molar-refractivity contribution in [2.24, 2.45) is 0 Å². The molecule has 0 spiro atoms. The first-order valence-electron chi connectivity index (χ1n) is 11.3. The van der Waals surface area contributed by atoms with Crippen LogP contribution in [0.1, 0.15) is 30.6 Å². The number of para-hydroxylation sites is 2. The fourth-order valence-electron chi connectivity index (χ4n) is 4.00.